The number of benzene rings is 1. The summed E-state index contributed by atoms with van der Waals surface area (Å²) in [5, 5.41) is 16.1. The summed E-state index contributed by atoms with van der Waals surface area (Å²) in [7, 11) is 0. The maximum atomic E-state index is 12.6. The van der Waals surface area contributed by atoms with Gasteiger partial charge in [0.2, 0.25) is 5.91 Å². The predicted molar refractivity (Wildman–Crippen MR) is 139 cm³/mol. The van der Waals surface area contributed by atoms with Gasteiger partial charge in [0.25, 0.3) is 0 Å². The van der Waals surface area contributed by atoms with Crippen LogP contribution >= 0.6 is 0 Å². The monoisotopic (exact) mass is 495 g/mol. The third-order valence-electron chi connectivity index (χ3n) is 6.08. The quantitative estimate of drug-likeness (QED) is 0.403. The molecule has 186 valence electrons. The molecule has 1 fully saturated rings. The first-order chi connectivity index (χ1) is 17.6. The largest absolute Gasteiger partial charge is 0.444 e. The number of pyridine rings is 2. The van der Waals surface area contributed by atoms with Gasteiger partial charge in [0, 0.05) is 35.7 Å². The zero-order chi connectivity index (χ0) is 26.3. The molecule has 0 radical (unpaired) electrons. The van der Waals surface area contributed by atoms with E-state index in [1.807, 2.05) is 19.1 Å². The number of ether oxygens (including phenoxy) is 1. The van der Waals surface area contributed by atoms with Crippen LogP contribution in [-0.4, -0.2) is 37.5 Å². The Bertz CT molecular complexity index is 1600. The lowest BCUT2D eigenvalue weighted by atomic mass is 9.98. The van der Waals surface area contributed by atoms with Crippen molar-refractivity contribution in [2.75, 3.05) is 10.6 Å². The van der Waals surface area contributed by atoms with Gasteiger partial charge in [-0.1, -0.05) is 0 Å². The van der Waals surface area contributed by atoms with Crippen molar-refractivity contribution >= 4 is 45.4 Å². The van der Waals surface area contributed by atoms with E-state index in [2.05, 4.69) is 36.6 Å². The van der Waals surface area contributed by atoms with Gasteiger partial charge in [0.15, 0.2) is 5.65 Å². The van der Waals surface area contributed by atoms with Crippen LogP contribution in [0.15, 0.2) is 43.0 Å². The molecular weight excluding hydrogens is 470 g/mol. The van der Waals surface area contributed by atoms with Gasteiger partial charge in [-0.05, 0) is 68.8 Å². The maximum absolute atomic E-state index is 12.6. The molecule has 2 N–H and O–H groups in total. The molecule has 5 rings (SSSR count). The van der Waals surface area contributed by atoms with Gasteiger partial charge in [0.1, 0.15) is 16.9 Å². The Morgan fingerprint density at radius 3 is 2.57 bits per heavy atom. The van der Waals surface area contributed by atoms with E-state index in [1.54, 1.807) is 51.6 Å². The minimum Gasteiger partial charge on any atom is -0.444 e. The molecule has 10 nitrogen and oxygen atoms in total. The van der Waals surface area contributed by atoms with E-state index in [9.17, 15) is 9.59 Å². The fraction of sp³-hybridized carbons (Fsp3) is 0.296. The molecule has 4 aromatic rings. The van der Waals surface area contributed by atoms with E-state index in [0.29, 0.717) is 34.5 Å². The van der Waals surface area contributed by atoms with E-state index in [4.69, 9.17) is 10.00 Å². The molecule has 1 aliphatic carbocycles. The number of nitriles is 1. The first kappa shape index (κ1) is 24.1. The number of aromatic nitrogens is 4. The smallest absolute Gasteiger partial charge is 0.412 e. The maximum Gasteiger partial charge on any atom is 0.412 e. The lowest BCUT2D eigenvalue weighted by Crippen LogP contribution is -2.27. The second kappa shape index (κ2) is 9.09. The van der Waals surface area contributed by atoms with Crippen LogP contribution in [0, 0.1) is 30.1 Å². The number of nitrogens with one attached hydrogen (secondary N) is 2. The molecule has 0 bridgehead atoms. The minimum absolute atomic E-state index is 0.227. The zero-order valence-electron chi connectivity index (χ0n) is 20.9. The van der Waals surface area contributed by atoms with Crippen LogP contribution in [-0.2, 0) is 9.53 Å². The highest BCUT2D eigenvalue weighted by molar-refractivity contribution is 6.04. The molecule has 0 unspecified atom stereocenters. The van der Waals surface area contributed by atoms with E-state index >= 15 is 0 Å². The number of fused-ring (bicyclic) bond motifs is 2. The number of rotatable bonds is 4. The SMILES string of the molecule is Cc1c(-c2cc(NC(=O)OC(C)(C)C)c3cnc(NC(=O)[C@@H]4C[C@H]4C#N)cc3c2)cnc2nccnc12. The number of hydrogen-bond acceptors (Lipinski definition) is 8. The van der Waals surface area contributed by atoms with Crippen molar-refractivity contribution < 1.29 is 14.3 Å². The van der Waals surface area contributed by atoms with Crippen molar-refractivity contribution in [3.8, 4) is 17.2 Å². The number of carbonyl (C=O) groups is 2. The number of hydrogen-bond donors (Lipinski definition) is 2. The lowest BCUT2D eigenvalue weighted by Gasteiger charge is -2.20. The molecule has 3 aromatic heterocycles. The van der Waals surface area contributed by atoms with Crippen LogP contribution in [0.5, 0.6) is 0 Å². The van der Waals surface area contributed by atoms with Crippen LogP contribution in [0.3, 0.4) is 0 Å². The van der Waals surface area contributed by atoms with Crippen molar-refractivity contribution in [1.29, 1.82) is 5.26 Å². The Kier molecular flexibility index (Phi) is 5.91. The van der Waals surface area contributed by atoms with Gasteiger partial charge in [-0.15, -0.1) is 0 Å². The summed E-state index contributed by atoms with van der Waals surface area (Å²) < 4.78 is 5.46. The van der Waals surface area contributed by atoms with E-state index in [1.165, 1.54) is 0 Å². The zero-order valence-corrected chi connectivity index (χ0v) is 20.9. The average molecular weight is 496 g/mol. The first-order valence-electron chi connectivity index (χ1n) is 11.8. The van der Waals surface area contributed by atoms with E-state index < -0.39 is 11.7 Å². The third kappa shape index (κ3) is 5.02. The number of nitrogens with zero attached hydrogens (tertiary/aromatic N) is 5. The Hall–Kier alpha value is -4.65. The highest BCUT2D eigenvalue weighted by Crippen LogP contribution is 2.39. The second-order valence-corrected chi connectivity index (χ2v) is 10.0. The molecule has 1 aromatic carbocycles. The lowest BCUT2D eigenvalue weighted by molar-refractivity contribution is -0.117. The normalized spacial score (nSPS) is 16.7. The van der Waals surface area contributed by atoms with Crippen molar-refractivity contribution in [2.24, 2.45) is 11.8 Å². The van der Waals surface area contributed by atoms with Crippen molar-refractivity contribution in [2.45, 2.75) is 39.7 Å². The van der Waals surface area contributed by atoms with Crippen molar-refractivity contribution in [3.05, 3.63) is 48.5 Å². The number of anilines is 2. The molecule has 3 heterocycles. The Morgan fingerprint density at radius 2 is 1.84 bits per heavy atom. The van der Waals surface area contributed by atoms with Gasteiger partial charge in [-0.2, -0.15) is 5.26 Å². The summed E-state index contributed by atoms with van der Waals surface area (Å²) >= 11 is 0. The molecule has 0 saturated heterocycles. The van der Waals surface area contributed by atoms with Gasteiger partial charge in [0.05, 0.1) is 23.6 Å². The molecule has 1 saturated carbocycles. The molecule has 37 heavy (non-hydrogen) atoms. The third-order valence-corrected chi connectivity index (χ3v) is 6.08. The number of amides is 2. The fourth-order valence-corrected chi connectivity index (χ4v) is 4.18. The predicted octanol–water partition coefficient (Wildman–Crippen LogP) is 4.99. The van der Waals surface area contributed by atoms with Crippen LogP contribution in [0.1, 0.15) is 32.8 Å². The summed E-state index contributed by atoms with van der Waals surface area (Å²) in [5.74, 6) is -0.427. The van der Waals surface area contributed by atoms with E-state index in [-0.39, 0.29) is 17.7 Å². The minimum atomic E-state index is -0.672. The van der Waals surface area contributed by atoms with Gasteiger partial charge >= 0.3 is 6.09 Å². The summed E-state index contributed by atoms with van der Waals surface area (Å²) in [4.78, 5) is 42.7. The standard InChI is InChI=1S/C27H25N7O3/c1-14-19(12-32-24-23(14)29-5-6-30-24)15-7-16-10-22(34-25(35)18-8-17(18)11-28)31-13-20(16)21(9-15)33-26(36)37-27(2,3)4/h5-7,9-10,12-13,17-18H,8H2,1-4H3,(H,33,36)(H,31,34,35)/t17-,18+/m0/s1. The van der Waals surface area contributed by atoms with Crippen LogP contribution in [0.4, 0.5) is 16.3 Å². The van der Waals surface area contributed by atoms with Gasteiger partial charge in [-0.3, -0.25) is 15.1 Å². The number of carbonyl (C=O) groups excluding carboxylic acids is 2. The van der Waals surface area contributed by atoms with Gasteiger partial charge < -0.3 is 10.1 Å². The average Bonchev–Trinajstić information content (AvgIpc) is 3.63. The second-order valence-electron chi connectivity index (χ2n) is 10.0. The summed E-state index contributed by atoms with van der Waals surface area (Å²) in [5.41, 5.74) is 3.54. The number of aryl methyl sites for hydroxylation is 1. The molecule has 0 aliphatic heterocycles. The van der Waals surface area contributed by atoms with Crippen molar-refractivity contribution in [3.63, 3.8) is 0 Å². The summed E-state index contributed by atoms with van der Waals surface area (Å²) in [6.07, 6.45) is 6.49. The van der Waals surface area contributed by atoms with E-state index in [0.717, 1.165) is 22.1 Å². The van der Waals surface area contributed by atoms with Crippen molar-refractivity contribution in [1.82, 2.24) is 19.9 Å². The molecule has 10 heteroatoms. The molecule has 2 atom stereocenters. The summed E-state index contributed by atoms with van der Waals surface area (Å²) in [6, 6.07) is 7.63. The fourth-order valence-electron chi connectivity index (χ4n) is 4.18. The van der Waals surface area contributed by atoms with Crippen LogP contribution in [0.2, 0.25) is 0 Å². The molecule has 1 aliphatic rings. The first-order valence-corrected chi connectivity index (χ1v) is 11.8. The molecule has 2 amide bonds. The topological polar surface area (TPSA) is 143 Å². The van der Waals surface area contributed by atoms with Gasteiger partial charge in [-0.25, -0.2) is 19.7 Å². The molecular formula is C27H25N7O3. The highest BCUT2D eigenvalue weighted by atomic mass is 16.6. The van der Waals surface area contributed by atoms with Crippen LogP contribution < -0.4 is 10.6 Å². The van der Waals surface area contributed by atoms with Crippen LogP contribution in [0.25, 0.3) is 33.1 Å². The highest BCUT2D eigenvalue weighted by Gasteiger charge is 2.43. The Labute approximate surface area is 213 Å². The Balaban J connectivity index is 1.58. The molecule has 0 spiro atoms. The Morgan fingerprint density at radius 1 is 1.05 bits per heavy atom. The summed E-state index contributed by atoms with van der Waals surface area (Å²) in [6.45, 7) is 7.32.